The number of methoxy groups -OCH3 is 1. The average Bonchev–Trinajstić information content (AvgIpc) is 2.93. The number of hydrogen-bond acceptors (Lipinski definition) is 7. The molecule has 3 atom stereocenters. The summed E-state index contributed by atoms with van der Waals surface area (Å²) in [6, 6.07) is 10.1. The van der Waals surface area contributed by atoms with Gasteiger partial charge in [0.25, 0.3) is 7.82 Å². The molecule has 0 saturated carbocycles. The number of quaternary nitrogens is 1. The average molecular weight is 602 g/mol. The van der Waals surface area contributed by atoms with Crippen molar-refractivity contribution in [3.8, 4) is 0 Å². The van der Waals surface area contributed by atoms with Crippen molar-refractivity contribution in [2.24, 2.45) is 0 Å². The van der Waals surface area contributed by atoms with Crippen LogP contribution in [0.4, 0.5) is 0 Å². The van der Waals surface area contributed by atoms with Crippen LogP contribution in [-0.4, -0.2) is 77.9 Å². The van der Waals surface area contributed by atoms with Gasteiger partial charge in [0.15, 0.2) is 0 Å². The molecule has 8 nitrogen and oxygen atoms in total. The van der Waals surface area contributed by atoms with Gasteiger partial charge in [-0.3, -0.25) is 4.57 Å². The molecule has 3 unspecified atom stereocenters. The Hall–Kier alpha value is -0.830. The van der Waals surface area contributed by atoms with E-state index in [1.54, 1.807) is 0 Å². The lowest BCUT2D eigenvalue weighted by Gasteiger charge is -2.28. The maximum absolute atomic E-state index is 12.1. The van der Waals surface area contributed by atoms with E-state index in [0.29, 0.717) is 24.2 Å². The lowest BCUT2D eigenvalue weighted by atomic mass is 10.0. The lowest BCUT2D eigenvalue weighted by molar-refractivity contribution is -0.870. The number of phosphoric acid groups is 1. The number of likely N-dealkylation sites (N-methyl/N-ethyl adjacent to an activating group) is 1. The fourth-order valence-corrected chi connectivity index (χ4v) is 5.10. The summed E-state index contributed by atoms with van der Waals surface area (Å²) >= 11 is 0. The third-order valence-corrected chi connectivity index (χ3v) is 8.04. The van der Waals surface area contributed by atoms with E-state index in [9.17, 15) is 9.46 Å². The molecule has 0 fully saturated rings. The van der Waals surface area contributed by atoms with Crippen molar-refractivity contribution in [1.82, 2.24) is 0 Å². The van der Waals surface area contributed by atoms with Crippen molar-refractivity contribution in [2.75, 3.05) is 61.2 Å². The molecule has 0 bridgehead atoms. The summed E-state index contributed by atoms with van der Waals surface area (Å²) in [4.78, 5) is 12.1. The van der Waals surface area contributed by atoms with Gasteiger partial charge in [0.2, 0.25) is 0 Å². The molecule has 1 aromatic rings. The van der Waals surface area contributed by atoms with Gasteiger partial charge in [-0.2, -0.15) is 0 Å². The van der Waals surface area contributed by atoms with Gasteiger partial charge >= 0.3 is 0 Å². The smallest absolute Gasteiger partial charge is 0.268 e. The largest absolute Gasteiger partial charge is 0.756 e. The van der Waals surface area contributed by atoms with Crippen LogP contribution in [0.25, 0.3) is 0 Å². The normalized spacial score (nSPS) is 15.1. The van der Waals surface area contributed by atoms with Crippen molar-refractivity contribution in [1.29, 1.82) is 0 Å². The number of hydrogen-bond donors (Lipinski definition) is 0. The molecule has 1 aromatic carbocycles. The van der Waals surface area contributed by atoms with Crippen LogP contribution in [-0.2, 0) is 34.4 Å². The zero-order valence-corrected chi connectivity index (χ0v) is 27.6. The molecule has 240 valence electrons. The first-order chi connectivity index (χ1) is 19.6. The Morgan fingerprint density at radius 2 is 1.34 bits per heavy atom. The van der Waals surface area contributed by atoms with E-state index in [2.05, 4.69) is 19.1 Å². The van der Waals surface area contributed by atoms with Crippen LogP contribution in [0.3, 0.4) is 0 Å². The van der Waals surface area contributed by atoms with E-state index in [1.165, 1.54) is 77.7 Å². The highest BCUT2D eigenvalue weighted by atomic mass is 31.2. The van der Waals surface area contributed by atoms with Gasteiger partial charge < -0.3 is 32.6 Å². The molecular formula is C32H60NO7P. The fraction of sp³-hybridized carbons (Fsp3) is 0.812. The Bertz CT molecular complexity index is 775. The molecule has 0 heterocycles. The first-order valence-electron chi connectivity index (χ1n) is 15.8. The predicted octanol–water partition coefficient (Wildman–Crippen LogP) is 6.90. The van der Waals surface area contributed by atoms with Gasteiger partial charge in [0.05, 0.1) is 53.7 Å². The molecular weight excluding hydrogens is 541 g/mol. The van der Waals surface area contributed by atoms with Crippen molar-refractivity contribution < 1.29 is 37.2 Å². The maximum atomic E-state index is 12.1. The fourth-order valence-electron chi connectivity index (χ4n) is 4.37. The van der Waals surface area contributed by atoms with Gasteiger partial charge in [0.1, 0.15) is 19.3 Å². The van der Waals surface area contributed by atoms with Crippen LogP contribution in [0.5, 0.6) is 0 Å². The molecule has 0 saturated heterocycles. The number of ether oxygens (including phenoxy) is 3. The molecule has 1 rings (SSSR count). The third-order valence-electron chi connectivity index (χ3n) is 7.08. The Labute approximate surface area is 251 Å². The second-order valence-corrected chi connectivity index (χ2v) is 13.5. The van der Waals surface area contributed by atoms with Crippen molar-refractivity contribution in [2.45, 2.75) is 109 Å². The second-order valence-electron chi connectivity index (χ2n) is 12.1. The SMILES string of the molecule is CCCCCCCCCCCCCCC(COCC(COP(=O)([O-])OCC[N+](C)(C)C)OC)OCc1ccccc1. The zero-order valence-electron chi connectivity index (χ0n) is 26.7. The minimum atomic E-state index is -4.40. The minimum absolute atomic E-state index is 0.0405. The maximum Gasteiger partial charge on any atom is 0.268 e. The Morgan fingerprint density at radius 3 is 1.90 bits per heavy atom. The van der Waals surface area contributed by atoms with Crippen molar-refractivity contribution >= 4 is 7.82 Å². The number of nitrogens with zero attached hydrogens (tertiary/aromatic N) is 1. The molecule has 0 aliphatic carbocycles. The van der Waals surface area contributed by atoms with E-state index in [0.717, 1.165) is 18.4 Å². The molecule has 0 aliphatic heterocycles. The summed E-state index contributed by atoms with van der Waals surface area (Å²) in [5, 5.41) is 0. The summed E-state index contributed by atoms with van der Waals surface area (Å²) in [7, 11) is 3.01. The van der Waals surface area contributed by atoms with Crippen LogP contribution in [0.2, 0.25) is 0 Å². The number of rotatable bonds is 28. The number of phosphoric ester groups is 1. The zero-order chi connectivity index (χ0) is 30.2. The summed E-state index contributed by atoms with van der Waals surface area (Å²) in [5.74, 6) is 0. The molecule has 0 amide bonds. The molecule has 41 heavy (non-hydrogen) atoms. The monoisotopic (exact) mass is 601 g/mol. The number of benzene rings is 1. The van der Waals surface area contributed by atoms with Gasteiger partial charge in [0, 0.05) is 7.11 Å². The van der Waals surface area contributed by atoms with E-state index >= 15 is 0 Å². The highest BCUT2D eigenvalue weighted by Gasteiger charge is 2.18. The lowest BCUT2D eigenvalue weighted by Crippen LogP contribution is -2.37. The standard InChI is InChI=1S/C32H60NO7P/c1-6-7-8-9-10-11-12-13-14-15-16-20-23-31(38-26-30-21-18-17-19-22-30)27-37-28-32(36-5)29-40-41(34,35)39-25-24-33(2,3)4/h17-19,21-22,31-32H,6-16,20,23-29H2,1-5H3. The Balaban J connectivity index is 2.34. The van der Waals surface area contributed by atoms with Crippen molar-refractivity contribution in [3.05, 3.63) is 35.9 Å². The van der Waals surface area contributed by atoms with Gasteiger partial charge in [-0.25, -0.2) is 0 Å². The van der Waals surface area contributed by atoms with Crippen LogP contribution in [0, 0.1) is 0 Å². The molecule has 9 heteroatoms. The van der Waals surface area contributed by atoms with Crippen LogP contribution < -0.4 is 4.89 Å². The van der Waals surface area contributed by atoms with Gasteiger partial charge in [-0.15, -0.1) is 0 Å². The Morgan fingerprint density at radius 1 is 0.780 bits per heavy atom. The molecule has 0 aromatic heterocycles. The van der Waals surface area contributed by atoms with Gasteiger partial charge in [-0.05, 0) is 12.0 Å². The first kappa shape index (κ1) is 38.2. The first-order valence-corrected chi connectivity index (χ1v) is 17.3. The second kappa shape index (κ2) is 23.6. The van der Waals surface area contributed by atoms with E-state index in [1.807, 2.05) is 39.3 Å². The van der Waals surface area contributed by atoms with E-state index in [4.69, 9.17) is 23.3 Å². The molecule has 0 spiro atoms. The van der Waals surface area contributed by atoms with E-state index < -0.39 is 13.9 Å². The predicted molar refractivity (Wildman–Crippen MR) is 165 cm³/mol. The highest BCUT2D eigenvalue weighted by molar-refractivity contribution is 7.45. The highest BCUT2D eigenvalue weighted by Crippen LogP contribution is 2.38. The quantitative estimate of drug-likeness (QED) is 0.0587. The summed E-state index contributed by atoms with van der Waals surface area (Å²) in [5.41, 5.74) is 1.13. The summed E-state index contributed by atoms with van der Waals surface area (Å²) < 4.78 is 40.2. The molecule has 0 aliphatic rings. The number of unbranched alkanes of at least 4 members (excludes halogenated alkanes) is 11. The van der Waals surface area contributed by atoms with Crippen molar-refractivity contribution in [3.63, 3.8) is 0 Å². The third kappa shape index (κ3) is 23.3. The van der Waals surface area contributed by atoms with Gasteiger partial charge in [-0.1, -0.05) is 114 Å². The minimum Gasteiger partial charge on any atom is -0.756 e. The summed E-state index contributed by atoms with van der Waals surface area (Å²) in [6.45, 7) is 3.89. The van der Waals surface area contributed by atoms with Crippen LogP contribution >= 0.6 is 7.82 Å². The molecule has 0 N–H and O–H groups in total. The topological polar surface area (TPSA) is 86.3 Å². The van der Waals surface area contributed by atoms with Crippen LogP contribution in [0.1, 0.15) is 96.0 Å². The molecule has 0 radical (unpaired) electrons. The van der Waals surface area contributed by atoms with Crippen LogP contribution in [0.15, 0.2) is 30.3 Å². The summed E-state index contributed by atoms with van der Waals surface area (Å²) in [6.07, 6.45) is 16.1. The Kier molecular flexibility index (Phi) is 22.0. The van der Waals surface area contributed by atoms with E-state index in [-0.39, 0.29) is 25.9 Å².